The summed E-state index contributed by atoms with van der Waals surface area (Å²) in [5.74, 6) is -1.18. The summed E-state index contributed by atoms with van der Waals surface area (Å²) in [5.41, 5.74) is 5.25. The summed E-state index contributed by atoms with van der Waals surface area (Å²) < 4.78 is 15.3. The summed E-state index contributed by atoms with van der Waals surface area (Å²) in [6.07, 6.45) is 1.48. The summed E-state index contributed by atoms with van der Waals surface area (Å²) in [4.78, 5) is 19.7. The van der Waals surface area contributed by atoms with Gasteiger partial charge in [0.05, 0.1) is 0 Å². The maximum atomic E-state index is 11.1. The maximum absolute atomic E-state index is 11.1. The number of carbonyl (C=O) groups is 1. The molecule has 0 saturated heterocycles. The van der Waals surface area contributed by atoms with Gasteiger partial charge in [0, 0.05) is 7.11 Å². The van der Waals surface area contributed by atoms with Crippen molar-refractivity contribution in [2.45, 2.75) is 25.3 Å². The first-order chi connectivity index (χ1) is 6.93. The zero-order valence-corrected chi connectivity index (χ0v) is 9.44. The fourth-order valence-electron chi connectivity index (χ4n) is 0.986. The van der Waals surface area contributed by atoms with Gasteiger partial charge in [0.15, 0.2) is 0 Å². The standard InChI is InChI=1S/C7H17N2O5P/c1-14-15(12,13)9-6(7(10)11)4-2-3-5-8/h6H,2-5,8H2,1H3,(H,10,11)(H2,9,12,13)/t6-/m0/s1. The highest BCUT2D eigenvalue weighted by molar-refractivity contribution is 7.50. The van der Waals surface area contributed by atoms with Gasteiger partial charge in [0.25, 0.3) is 0 Å². The van der Waals surface area contributed by atoms with Crippen LogP contribution >= 0.6 is 7.75 Å². The Bertz CT molecular complexity index is 248. The van der Waals surface area contributed by atoms with Crippen molar-refractivity contribution in [1.82, 2.24) is 5.09 Å². The van der Waals surface area contributed by atoms with Gasteiger partial charge in [-0.15, -0.1) is 0 Å². The van der Waals surface area contributed by atoms with Gasteiger partial charge in [-0.2, -0.15) is 0 Å². The third-order valence-corrected chi connectivity index (χ3v) is 2.94. The van der Waals surface area contributed by atoms with Crippen molar-refractivity contribution in [1.29, 1.82) is 0 Å². The van der Waals surface area contributed by atoms with Crippen molar-refractivity contribution in [3.05, 3.63) is 0 Å². The number of aliphatic carboxylic acids is 1. The van der Waals surface area contributed by atoms with E-state index in [2.05, 4.69) is 4.52 Å². The van der Waals surface area contributed by atoms with Crippen molar-refractivity contribution >= 4 is 13.7 Å². The molecule has 0 saturated carbocycles. The number of nitrogens with one attached hydrogen (secondary N) is 1. The quantitative estimate of drug-likeness (QED) is 0.345. The molecular formula is C7H17N2O5P. The third kappa shape index (κ3) is 6.59. The number of carboxylic acids is 1. The zero-order chi connectivity index (χ0) is 11.9. The number of nitrogens with two attached hydrogens (primary N) is 1. The molecule has 0 aliphatic carbocycles. The highest BCUT2D eigenvalue weighted by Gasteiger charge is 2.27. The van der Waals surface area contributed by atoms with Crippen LogP contribution in [0, 0.1) is 0 Å². The van der Waals surface area contributed by atoms with E-state index in [0.717, 1.165) is 7.11 Å². The van der Waals surface area contributed by atoms with Gasteiger partial charge in [-0.25, -0.2) is 9.65 Å². The Hall–Kier alpha value is -0.460. The molecule has 2 atom stereocenters. The molecule has 8 heteroatoms. The van der Waals surface area contributed by atoms with Gasteiger partial charge < -0.3 is 20.3 Å². The fraction of sp³-hybridized carbons (Fsp3) is 0.857. The summed E-state index contributed by atoms with van der Waals surface area (Å²) in [6, 6.07) is -1.09. The highest BCUT2D eigenvalue weighted by atomic mass is 31.2. The first-order valence-corrected chi connectivity index (χ1v) is 6.10. The normalized spacial score (nSPS) is 17.0. The largest absolute Gasteiger partial charge is 0.480 e. The van der Waals surface area contributed by atoms with Crippen LogP contribution in [0.4, 0.5) is 0 Å². The molecule has 15 heavy (non-hydrogen) atoms. The molecule has 0 bridgehead atoms. The minimum Gasteiger partial charge on any atom is -0.480 e. The number of unbranched alkanes of at least 4 members (excludes halogenated alkanes) is 1. The first-order valence-electron chi connectivity index (χ1n) is 4.52. The molecule has 90 valence electrons. The average Bonchev–Trinajstić information content (AvgIpc) is 2.16. The number of hydrogen-bond donors (Lipinski definition) is 4. The molecule has 0 fully saturated rings. The molecule has 0 aromatic heterocycles. The molecule has 0 aliphatic heterocycles. The Kier molecular flexibility index (Phi) is 6.71. The van der Waals surface area contributed by atoms with Crippen LogP contribution in [0.3, 0.4) is 0 Å². The molecule has 0 amide bonds. The molecule has 0 aliphatic rings. The first kappa shape index (κ1) is 14.5. The van der Waals surface area contributed by atoms with E-state index in [9.17, 15) is 9.36 Å². The van der Waals surface area contributed by atoms with Crippen molar-refractivity contribution in [3.63, 3.8) is 0 Å². The number of carboxylic acid groups (broad SMARTS) is 1. The predicted molar refractivity (Wildman–Crippen MR) is 54.3 cm³/mol. The summed E-state index contributed by atoms with van der Waals surface area (Å²) in [6.45, 7) is 0.466. The van der Waals surface area contributed by atoms with Gasteiger partial charge in [0.2, 0.25) is 0 Å². The van der Waals surface area contributed by atoms with E-state index < -0.39 is 19.8 Å². The van der Waals surface area contributed by atoms with Crippen molar-refractivity contribution in [3.8, 4) is 0 Å². The second-order valence-electron chi connectivity index (χ2n) is 3.01. The van der Waals surface area contributed by atoms with E-state index in [-0.39, 0.29) is 6.42 Å². The Morgan fingerprint density at radius 2 is 2.20 bits per heavy atom. The molecule has 5 N–H and O–H groups in total. The van der Waals surface area contributed by atoms with Crippen LogP contribution in [0.15, 0.2) is 0 Å². The second-order valence-corrected chi connectivity index (χ2v) is 4.67. The van der Waals surface area contributed by atoms with Crippen molar-refractivity contribution < 1.29 is 23.9 Å². The maximum Gasteiger partial charge on any atom is 0.403 e. The van der Waals surface area contributed by atoms with Gasteiger partial charge in [0.1, 0.15) is 6.04 Å². The Morgan fingerprint density at radius 1 is 1.60 bits per heavy atom. The van der Waals surface area contributed by atoms with E-state index >= 15 is 0 Å². The van der Waals surface area contributed by atoms with Crippen LogP contribution in [0.25, 0.3) is 0 Å². The monoisotopic (exact) mass is 240 g/mol. The molecule has 0 spiro atoms. The molecular weight excluding hydrogens is 223 g/mol. The topological polar surface area (TPSA) is 122 Å². The van der Waals surface area contributed by atoms with Crippen LogP contribution in [-0.2, 0) is 13.9 Å². The minimum atomic E-state index is -3.99. The molecule has 0 heterocycles. The van der Waals surface area contributed by atoms with E-state index in [0.29, 0.717) is 19.4 Å². The van der Waals surface area contributed by atoms with Crippen molar-refractivity contribution in [2.24, 2.45) is 5.73 Å². The van der Waals surface area contributed by atoms with Gasteiger partial charge in [-0.1, -0.05) is 6.42 Å². The van der Waals surface area contributed by atoms with E-state index in [1.165, 1.54) is 0 Å². The van der Waals surface area contributed by atoms with Crippen molar-refractivity contribution in [2.75, 3.05) is 13.7 Å². The molecule has 0 radical (unpaired) electrons. The van der Waals surface area contributed by atoms with Gasteiger partial charge >= 0.3 is 13.7 Å². The second kappa shape index (κ2) is 6.92. The third-order valence-electron chi connectivity index (χ3n) is 1.81. The molecule has 7 nitrogen and oxygen atoms in total. The lowest BCUT2D eigenvalue weighted by molar-refractivity contribution is -0.139. The van der Waals surface area contributed by atoms with Crippen LogP contribution in [0.2, 0.25) is 0 Å². The molecule has 0 rings (SSSR count). The fourth-order valence-corrected chi connectivity index (χ4v) is 1.72. The van der Waals surface area contributed by atoms with E-state index in [1.54, 1.807) is 0 Å². The summed E-state index contributed by atoms with van der Waals surface area (Å²) in [5, 5.41) is 10.8. The van der Waals surface area contributed by atoms with E-state index in [1.807, 2.05) is 5.09 Å². The van der Waals surface area contributed by atoms with Gasteiger partial charge in [-0.3, -0.25) is 4.79 Å². The lowest BCUT2D eigenvalue weighted by Gasteiger charge is -2.17. The average molecular weight is 240 g/mol. The minimum absolute atomic E-state index is 0.237. The molecule has 0 aromatic rings. The SMILES string of the molecule is COP(=O)(O)N[C@@H](CCCCN)C(=O)O. The Balaban J connectivity index is 4.17. The Labute approximate surface area is 88.2 Å². The predicted octanol–water partition coefficient (Wildman–Crippen LogP) is -0.0950. The summed E-state index contributed by atoms with van der Waals surface area (Å²) in [7, 11) is -2.96. The van der Waals surface area contributed by atoms with Crippen LogP contribution in [0.5, 0.6) is 0 Å². The van der Waals surface area contributed by atoms with Crippen LogP contribution in [0.1, 0.15) is 19.3 Å². The molecule has 1 unspecified atom stereocenters. The number of rotatable bonds is 8. The molecule has 0 aromatic carbocycles. The van der Waals surface area contributed by atoms with Crippen LogP contribution in [-0.4, -0.2) is 35.7 Å². The zero-order valence-electron chi connectivity index (χ0n) is 8.55. The lowest BCUT2D eigenvalue weighted by Crippen LogP contribution is -2.34. The lowest BCUT2D eigenvalue weighted by atomic mass is 10.1. The highest BCUT2D eigenvalue weighted by Crippen LogP contribution is 2.36. The van der Waals surface area contributed by atoms with E-state index in [4.69, 9.17) is 15.7 Å². The van der Waals surface area contributed by atoms with Crippen LogP contribution < -0.4 is 10.8 Å². The van der Waals surface area contributed by atoms with Gasteiger partial charge in [-0.05, 0) is 19.4 Å². The number of hydrogen-bond acceptors (Lipinski definition) is 4. The smallest absolute Gasteiger partial charge is 0.403 e. The Morgan fingerprint density at radius 3 is 2.60 bits per heavy atom. The summed E-state index contributed by atoms with van der Waals surface area (Å²) >= 11 is 0.